The van der Waals surface area contributed by atoms with Crippen molar-refractivity contribution in [1.82, 2.24) is 0 Å². The Kier molecular flexibility index (Phi) is 3.51. The van der Waals surface area contributed by atoms with Crippen molar-refractivity contribution in [2.45, 2.75) is 0 Å². The van der Waals surface area contributed by atoms with Crippen LogP contribution < -0.4 is 4.74 Å². The summed E-state index contributed by atoms with van der Waals surface area (Å²) in [5.74, 6) is 0.777. The van der Waals surface area contributed by atoms with E-state index >= 15 is 0 Å². The van der Waals surface area contributed by atoms with Crippen molar-refractivity contribution in [1.29, 1.82) is 0 Å². The standard InChI is InChI=1S/C22H16O2/c1-24-18-14-8-13-17-21(18)19(15-9-4-2-5-10-15)20(22(17)23)16-11-6-3-7-12-16/h2-14H,1H3. The third-order valence-electron chi connectivity index (χ3n) is 4.34. The molecule has 0 saturated heterocycles. The van der Waals surface area contributed by atoms with E-state index < -0.39 is 0 Å². The SMILES string of the molecule is COc1cccc2c1C(c1ccccc1)=C(c1ccccc1)C2=O. The van der Waals surface area contributed by atoms with Gasteiger partial charge in [-0.15, -0.1) is 0 Å². The van der Waals surface area contributed by atoms with Gasteiger partial charge in [-0.2, -0.15) is 0 Å². The van der Waals surface area contributed by atoms with E-state index in [-0.39, 0.29) is 5.78 Å². The Morgan fingerprint density at radius 1 is 0.667 bits per heavy atom. The van der Waals surface area contributed by atoms with Crippen LogP contribution in [-0.4, -0.2) is 12.9 Å². The van der Waals surface area contributed by atoms with Crippen molar-refractivity contribution in [3.63, 3.8) is 0 Å². The first kappa shape index (κ1) is 14.5. The summed E-state index contributed by atoms with van der Waals surface area (Å²) in [5, 5.41) is 0. The molecule has 0 atom stereocenters. The summed E-state index contributed by atoms with van der Waals surface area (Å²) >= 11 is 0. The van der Waals surface area contributed by atoms with Gasteiger partial charge in [0.15, 0.2) is 5.78 Å². The van der Waals surface area contributed by atoms with Crippen molar-refractivity contribution in [2.75, 3.05) is 7.11 Å². The molecule has 0 fully saturated rings. The van der Waals surface area contributed by atoms with Crippen LogP contribution >= 0.6 is 0 Å². The van der Waals surface area contributed by atoms with Crippen LogP contribution in [0.1, 0.15) is 27.0 Å². The molecule has 0 saturated carbocycles. The predicted octanol–water partition coefficient (Wildman–Crippen LogP) is 4.85. The zero-order valence-electron chi connectivity index (χ0n) is 13.3. The lowest BCUT2D eigenvalue weighted by atomic mass is 9.94. The fraction of sp³-hybridized carbons (Fsp3) is 0.0455. The smallest absolute Gasteiger partial charge is 0.195 e. The van der Waals surface area contributed by atoms with Gasteiger partial charge in [-0.1, -0.05) is 72.8 Å². The van der Waals surface area contributed by atoms with Crippen LogP contribution in [0.2, 0.25) is 0 Å². The third kappa shape index (κ3) is 2.16. The molecule has 0 aromatic heterocycles. The summed E-state index contributed by atoms with van der Waals surface area (Å²) in [7, 11) is 1.64. The zero-order chi connectivity index (χ0) is 16.5. The second-order valence-corrected chi connectivity index (χ2v) is 5.69. The molecule has 1 aliphatic carbocycles. The molecule has 116 valence electrons. The number of methoxy groups -OCH3 is 1. The summed E-state index contributed by atoms with van der Waals surface area (Å²) < 4.78 is 5.55. The minimum absolute atomic E-state index is 0.0500. The second kappa shape index (κ2) is 5.82. The summed E-state index contributed by atoms with van der Waals surface area (Å²) in [6, 6.07) is 25.5. The first-order chi connectivity index (χ1) is 11.8. The van der Waals surface area contributed by atoms with Gasteiger partial charge in [0.1, 0.15) is 5.75 Å². The minimum Gasteiger partial charge on any atom is -0.496 e. The number of fused-ring (bicyclic) bond motifs is 1. The first-order valence-electron chi connectivity index (χ1n) is 7.88. The Balaban J connectivity index is 2.08. The fourth-order valence-electron chi connectivity index (χ4n) is 3.30. The normalized spacial score (nSPS) is 13.1. The number of hydrogen-bond acceptors (Lipinski definition) is 2. The number of ketones is 1. The Labute approximate surface area is 141 Å². The highest BCUT2D eigenvalue weighted by molar-refractivity contribution is 6.41. The van der Waals surface area contributed by atoms with Crippen molar-refractivity contribution >= 4 is 16.9 Å². The predicted molar refractivity (Wildman–Crippen MR) is 96.1 cm³/mol. The summed E-state index contributed by atoms with van der Waals surface area (Å²) in [4.78, 5) is 13.1. The Morgan fingerprint density at radius 3 is 1.83 bits per heavy atom. The van der Waals surface area contributed by atoms with Crippen LogP contribution in [0, 0.1) is 0 Å². The molecule has 0 spiro atoms. The maximum Gasteiger partial charge on any atom is 0.195 e. The molecule has 0 aliphatic heterocycles. The van der Waals surface area contributed by atoms with Gasteiger partial charge < -0.3 is 4.74 Å². The molecule has 24 heavy (non-hydrogen) atoms. The van der Waals surface area contributed by atoms with Gasteiger partial charge in [0.2, 0.25) is 0 Å². The third-order valence-corrected chi connectivity index (χ3v) is 4.34. The molecular formula is C22H16O2. The van der Waals surface area contributed by atoms with Crippen LogP contribution in [0.3, 0.4) is 0 Å². The van der Waals surface area contributed by atoms with Crippen molar-refractivity contribution in [3.8, 4) is 5.75 Å². The van der Waals surface area contributed by atoms with E-state index in [0.717, 1.165) is 33.6 Å². The second-order valence-electron chi connectivity index (χ2n) is 5.69. The average Bonchev–Trinajstić information content (AvgIpc) is 2.96. The van der Waals surface area contributed by atoms with Crippen LogP contribution in [0.4, 0.5) is 0 Å². The lowest BCUT2D eigenvalue weighted by Crippen LogP contribution is -1.98. The summed E-state index contributed by atoms with van der Waals surface area (Å²) in [6.45, 7) is 0. The van der Waals surface area contributed by atoms with Crippen molar-refractivity contribution in [2.24, 2.45) is 0 Å². The van der Waals surface area contributed by atoms with Crippen LogP contribution in [0.25, 0.3) is 11.1 Å². The number of benzene rings is 3. The lowest BCUT2D eigenvalue weighted by molar-refractivity contribution is 0.105. The van der Waals surface area contributed by atoms with Gasteiger partial charge in [0.05, 0.1) is 7.11 Å². The van der Waals surface area contributed by atoms with E-state index in [1.807, 2.05) is 78.9 Å². The van der Waals surface area contributed by atoms with Crippen LogP contribution in [0.15, 0.2) is 78.9 Å². The summed E-state index contributed by atoms with van der Waals surface area (Å²) in [5.41, 5.74) is 5.22. The number of rotatable bonds is 3. The van der Waals surface area contributed by atoms with Crippen molar-refractivity contribution < 1.29 is 9.53 Å². The van der Waals surface area contributed by atoms with Gasteiger partial charge in [-0.05, 0) is 17.2 Å². The molecule has 1 aliphatic rings. The number of ether oxygens (including phenoxy) is 1. The molecule has 0 amide bonds. The fourth-order valence-corrected chi connectivity index (χ4v) is 3.30. The van der Waals surface area contributed by atoms with E-state index in [9.17, 15) is 4.79 Å². The van der Waals surface area contributed by atoms with E-state index in [2.05, 4.69) is 0 Å². The Morgan fingerprint density at radius 2 is 1.25 bits per heavy atom. The molecule has 0 unspecified atom stereocenters. The number of allylic oxidation sites excluding steroid dienone is 1. The molecule has 0 heterocycles. The lowest BCUT2D eigenvalue weighted by Gasteiger charge is -2.11. The van der Waals surface area contributed by atoms with E-state index in [1.165, 1.54) is 0 Å². The zero-order valence-corrected chi connectivity index (χ0v) is 13.3. The van der Waals surface area contributed by atoms with Crippen molar-refractivity contribution in [3.05, 3.63) is 101 Å². The van der Waals surface area contributed by atoms with E-state index in [4.69, 9.17) is 4.74 Å². The maximum absolute atomic E-state index is 13.1. The van der Waals surface area contributed by atoms with Gasteiger partial charge in [0, 0.05) is 22.3 Å². The molecule has 3 aromatic carbocycles. The molecule has 4 rings (SSSR count). The molecule has 2 nitrogen and oxygen atoms in total. The largest absolute Gasteiger partial charge is 0.496 e. The van der Waals surface area contributed by atoms with Crippen LogP contribution in [-0.2, 0) is 0 Å². The highest BCUT2D eigenvalue weighted by Crippen LogP contribution is 2.45. The molecule has 0 radical (unpaired) electrons. The summed E-state index contributed by atoms with van der Waals surface area (Å²) in [6.07, 6.45) is 0. The maximum atomic E-state index is 13.1. The number of carbonyl (C=O) groups excluding carboxylic acids is 1. The highest BCUT2D eigenvalue weighted by Gasteiger charge is 2.33. The molecule has 2 heteroatoms. The van der Waals surface area contributed by atoms with Gasteiger partial charge in [-0.25, -0.2) is 0 Å². The van der Waals surface area contributed by atoms with Gasteiger partial charge in [0.25, 0.3) is 0 Å². The number of carbonyl (C=O) groups is 1. The first-order valence-corrected chi connectivity index (χ1v) is 7.88. The molecule has 0 N–H and O–H groups in total. The minimum atomic E-state index is 0.0500. The molecule has 3 aromatic rings. The molecule has 0 bridgehead atoms. The van der Waals surface area contributed by atoms with Gasteiger partial charge >= 0.3 is 0 Å². The van der Waals surface area contributed by atoms with Gasteiger partial charge in [-0.3, -0.25) is 4.79 Å². The quantitative estimate of drug-likeness (QED) is 0.691. The van der Waals surface area contributed by atoms with E-state index in [1.54, 1.807) is 7.11 Å². The highest BCUT2D eigenvalue weighted by atomic mass is 16.5. The Hall–Kier alpha value is -3.13. The topological polar surface area (TPSA) is 26.3 Å². The van der Waals surface area contributed by atoms with Crippen LogP contribution in [0.5, 0.6) is 5.75 Å². The number of hydrogen-bond donors (Lipinski definition) is 0. The Bertz CT molecular complexity index is 938. The van der Waals surface area contributed by atoms with E-state index in [0.29, 0.717) is 5.56 Å². The molecular weight excluding hydrogens is 296 g/mol. The monoisotopic (exact) mass is 312 g/mol. The average molecular weight is 312 g/mol. The number of Topliss-reactive ketones (excluding diaryl/α,β-unsaturated/α-hetero) is 1.